The van der Waals surface area contributed by atoms with Gasteiger partial charge in [0.15, 0.2) is 17.6 Å². The normalized spacial score (nSPS) is 14.1. The minimum absolute atomic E-state index is 0.0210. The number of nitrogens with one attached hydrogen (secondary N) is 1. The number of aliphatic hydroxyl groups is 2. The maximum absolute atomic E-state index is 13.9. The van der Waals surface area contributed by atoms with E-state index in [9.17, 15) is 23.4 Å². The third kappa shape index (κ3) is 8.70. The topological polar surface area (TPSA) is 142 Å². The first kappa shape index (κ1) is 34.1. The fourth-order valence-electron chi connectivity index (χ4n) is 5.26. The Hall–Kier alpha value is -3.77. The number of carbonyl (C=O) groups excluding carboxylic acids is 1. The number of rotatable bonds is 15. The minimum Gasteiger partial charge on any atom is -0.480 e. The molecule has 1 aromatic heterocycles. The van der Waals surface area contributed by atoms with E-state index in [0.29, 0.717) is 22.7 Å². The van der Waals surface area contributed by atoms with Gasteiger partial charge in [0, 0.05) is 39.1 Å². The number of nitrogens with zero attached hydrogens (tertiary/aromatic N) is 2. The Labute approximate surface area is 265 Å². The van der Waals surface area contributed by atoms with Crippen LogP contribution in [0.4, 0.5) is 0 Å². The maximum atomic E-state index is 13.9. The first-order valence-electron chi connectivity index (χ1n) is 15.1. The van der Waals surface area contributed by atoms with Gasteiger partial charge in [0.2, 0.25) is 10.0 Å². The van der Waals surface area contributed by atoms with Crippen LogP contribution in [0.3, 0.4) is 0 Å². The summed E-state index contributed by atoms with van der Waals surface area (Å²) in [5.74, 6) is 0.412. The average molecular weight is 638 g/mol. The molecule has 11 heteroatoms. The molecule has 0 saturated carbocycles. The van der Waals surface area contributed by atoms with Gasteiger partial charge in [-0.25, -0.2) is 13.4 Å². The van der Waals surface area contributed by atoms with Crippen LogP contribution in [0.5, 0.6) is 5.75 Å². The van der Waals surface area contributed by atoms with Crippen molar-refractivity contribution in [3.63, 3.8) is 0 Å². The van der Waals surface area contributed by atoms with Gasteiger partial charge in [0.25, 0.3) is 5.91 Å². The molecule has 0 aliphatic rings. The number of ether oxygens (including phenoxy) is 1. The summed E-state index contributed by atoms with van der Waals surface area (Å²) in [6.07, 6.45) is -2.05. The number of sulfonamides is 1. The molecule has 0 aliphatic carbocycles. The lowest BCUT2D eigenvalue weighted by molar-refractivity contribution is -0.130. The number of para-hydroxylation sites is 1. The van der Waals surface area contributed by atoms with Crippen LogP contribution in [0.2, 0.25) is 0 Å². The Morgan fingerprint density at radius 3 is 2.33 bits per heavy atom. The number of aryl methyl sites for hydroxylation is 3. The lowest BCUT2D eigenvalue weighted by atomic mass is 10.00. The quantitative estimate of drug-likeness (QED) is 0.175. The Morgan fingerprint density at radius 1 is 1.00 bits per heavy atom. The Morgan fingerprint density at radius 2 is 1.69 bits per heavy atom. The number of oxazole rings is 1. The predicted octanol–water partition coefficient (Wildman–Crippen LogP) is 4.32. The third-order valence-electron chi connectivity index (χ3n) is 7.51. The lowest BCUT2D eigenvalue weighted by Gasteiger charge is -2.31. The number of carbonyl (C=O) groups is 1. The van der Waals surface area contributed by atoms with Gasteiger partial charge < -0.3 is 24.7 Å². The lowest BCUT2D eigenvalue weighted by Crippen LogP contribution is -2.53. The van der Waals surface area contributed by atoms with E-state index < -0.39 is 34.2 Å². The van der Waals surface area contributed by atoms with Crippen LogP contribution < -0.4 is 10.1 Å². The number of fused-ring (bicyclic) bond motifs is 1. The molecule has 0 saturated heterocycles. The molecule has 242 valence electrons. The van der Waals surface area contributed by atoms with Crippen molar-refractivity contribution < 1.29 is 32.6 Å². The van der Waals surface area contributed by atoms with Crippen LogP contribution in [-0.4, -0.2) is 71.8 Å². The van der Waals surface area contributed by atoms with Crippen LogP contribution in [-0.2, 0) is 21.2 Å². The van der Waals surface area contributed by atoms with E-state index in [4.69, 9.17) is 9.15 Å². The third-order valence-corrected chi connectivity index (χ3v) is 9.33. The number of aromatic nitrogens is 1. The fraction of sp³-hybridized carbons (Fsp3) is 0.412. The second-order valence-electron chi connectivity index (χ2n) is 11.8. The molecule has 0 spiro atoms. The molecule has 4 rings (SSSR count). The smallest absolute Gasteiger partial charge is 0.261 e. The van der Waals surface area contributed by atoms with Gasteiger partial charge in [-0.3, -0.25) is 4.79 Å². The Kier molecular flexibility index (Phi) is 11.4. The molecule has 0 radical (unpaired) electrons. The molecule has 3 atom stereocenters. The number of hydrogen-bond donors (Lipinski definition) is 3. The fourth-order valence-corrected chi connectivity index (χ4v) is 6.90. The van der Waals surface area contributed by atoms with E-state index in [0.717, 1.165) is 16.7 Å². The zero-order chi connectivity index (χ0) is 32.7. The number of hydrogen-bond acceptors (Lipinski definition) is 8. The Balaban J connectivity index is 1.62. The summed E-state index contributed by atoms with van der Waals surface area (Å²) in [6, 6.07) is 18.6. The Bertz CT molecular complexity index is 1670. The van der Waals surface area contributed by atoms with E-state index in [1.165, 1.54) is 16.4 Å². The second kappa shape index (κ2) is 15.0. The molecule has 3 N–H and O–H groups in total. The molecule has 1 unspecified atom stereocenters. The highest BCUT2D eigenvalue weighted by molar-refractivity contribution is 7.89. The number of amides is 1. The average Bonchev–Trinajstić information content (AvgIpc) is 3.37. The summed E-state index contributed by atoms with van der Waals surface area (Å²) in [6.45, 7) is 8.82. The van der Waals surface area contributed by atoms with Crippen molar-refractivity contribution in [1.82, 2.24) is 14.6 Å². The molecule has 0 fully saturated rings. The summed E-state index contributed by atoms with van der Waals surface area (Å²) in [5, 5.41) is 24.3. The van der Waals surface area contributed by atoms with E-state index in [1.807, 2.05) is 76.2 Å². The van der Waals surface area contributed by atoms with Gasteiger partial charge >= 0.3 is 0 Å². The maximum Gasteiger partial charge on any atom is 0.261 e. The highest BCUT2D eigenvalue weighted by Crippen LogP contribution is 2.26. The summed E-state index contributed by atoms with van der Waals surface area (Å²) >= 11 is 0. The van der Waals surface area contributed by atoms with Gasteiger partial charge in [0.05, 0.1) is 17.0 Å². The van der Waals surface area contributed by atoms with E-state index in [1.54, 1.807) is 13.0 Å². The summed E-state index contributed by atoms with van der Waals surface area (Å²) in [5.41, 5.74) is 3.44. The standard InChI is InChI=1S/C34H43N3O7S/c1-22(2)20-37(45(41,42)27-14-15-28-32(19-27)43-25(5)35-28)21-30(39)29(18-26-12-7-6-8-13-26)36-34(40)31(16-17-38)44-33-23(3)10-9-11-24(33)4/h6-15,19,22,29-31,38-39H,16-18,20-21H2,1-5H3,(H,36,40)/t29-,30+,31?/m0/s1. The van der Waals surface area contributed by atoms with Gasteiger partial charge in [-0.15, -0.1) is 0 Å². The number of aliphatic hydroxyl groups excluding tert-OH is 2. The van der Waals surface area contributed by atoms with E-state index in [2.05, 4.69) is 10.3 Å². The van der Waals surface area contributed by atoms with Crippen LogP contribution in [0.1, 0.15) is 42.8 Å². The first-order chi connectivity index (χ1) is 21.4. The van der Waals surface area contributed by atoms with Crippen LogP contribution in [0.15, 0.2) is 76.0 Å². The van der Waals surface area contributed by atoms with E-state index >= 15 is 0 Å². The molecule has 10 nitrogen and oxygen atoms in total. The van der Waals surface area contributed by atoms with Crippen LogP contribution in [0, 0.1) is 26.7 Å². The highest BCUT2D eigenvalue weighted by atomic mass is 32.2. The minimum atomic E-state index is -4.07. The molecule has 4 aromatic rings. The van der Waals surface area contributed by atoms with Crippen molar-refractivity contribution in [3.05, 3.63) is 89.3 Å². The number of benzene rings is 3. The zero-order valence-corrected chi connectivity index (χ0v) is 27.3. The molecule has 45 heavy (non-hydrogen) atoms. The summed E-state index contributed by atoms with van der Waals surface area (Å²) in [4.78, 5) is 17.9. The molecule has 1 heterocycles. The van der Waals surface area contributed by atoms with Gasteiger partial charge in [-0.05, 0) is 55.0 Å². The second-order valence-corrected chi connectivity index (χ2v) is 13.7. The van der Waals surface area contributed by atoms with Crippen molar-refractivity contribution in [2.24, 2.45) is 5.92 Å². The van der Waals surface area contributed by atoms with Crippen molar-refractivity contribution >= 4 is 27.0 Å². The van der Waals surface area contributed by atoms with Crippen molar-refractivity contribution in [1.29, 1.82) is 0 Å². The van der Waals surface area contributed by atoms with E-state index in [-0.39, 0.29) is 43.4 Å². The SMILES string of the molecule is Cc1nc2ccc(S(=O)(=O)N(CC(C)C)C[C@@H](O)[C@H](Cc3ccccc3)NC(=O)C(CCO)Oc3c(C)cccc3C)cc2o1. The monoisotopic (exact) mass is 637 g/mol. The predicted molar refractivity (Wildman–Crippen MR) is 172 cm³/mol. The molecular weight excluding hydrogens is 594 g/mol. The zero-order valence-electron chi connectivity index (χ0n) is 26.4. The summed E-state index contributed by atoms with van der Waals surface area (Å²) < 4.78 is 40.8. The van der Waals surface area contributed by atoms with Gasteiger partial charge in [-0.2, -0.15) is 4.31 Å². The molecule has 3 aromatic carbocycles. The molecule has 0 bridgehead atoms. The largest absolute Gasteiger partial charge is 0.480 e. The molecule has 0 aliphatic heterocycles. The van der Waals surface area contributed by atoms with Crippen LogP contribution in [0.25, 0.3) is 11.1 Å². The first-order valence-corrected chi connectivity index (χ1v) is 16.6. The van der Waals surface area contributed by atoms with Crippen molar-refractivity contribution in [2.45, 2.75) is 70.6 Å². The highest BCUT2D eigenvalue weighted by Gasteiger charge is 2.33. The van der Waals surface area contributed by atoms with Crippen molar-refractivity contribution in [3.8, 4) is 5.75 Å². The molecular formula is C34H43N3O7S. The van der Waals surface area contributed by atoms with Gasteiger partial charge in [0.1, 0.15) is 11.3 Å². The molecule has 1 amide bonds. The van der Waals surface area contributed by atoms with Gasteiger partial charge in [-0.1, -0.05) is 62.4 Å². The summed E-state index contributed by atoms with van der Waals surface area (Å²) in [7, 11) is -4.07. The van der Waals surface area contributed by atoms with Crippen molar-refractivity contribution in [2.75, 3.05) is 19.7 Å². The van der Waals surface area contributed by atoms with Crippen LogP contribution >= 0.6 is 0 Å².